The van der Waals surface area contributed by atoms with Gasteiger partial charge in [0, 0.05) is 26.1 Å². The summed E-state index contributed by atoms with van der Waals surface area (Å²) in [5.41, 5.74) is -0.469. The van der Waals surface area contributed by atoms with E-state index in [9.17, 15) is 4.79 Å². The van der Waals surface area contributed by atoms with Crippen molar-refractivity contribution in [2.24, 2.45) is 5.92 Å². The molecule has 9 heteroatoms. The number of amides is 1. The van der Waals surface area contributed by atoms with Crippen molar-refractivity contribution in [2.75, 3.05) is 40.0 Å². The monoisotopic (exact) mass is 452 g/mol. The van der Waals surface area contributed by atoms with E-state index < -0.39 is 14.2 Å². The summed E-state index contributed by atoms with van der Waals surface area (Å²) >= 11 is 0. The van der Waals surface area contributed by atoms with Gasteiger partial charge in [0.05, 0.1) is 37.6 Å². The molecule has 0 aliphatic heterocycles. The molecule has 1 amide bonds. The molecular weight excluding hydrogens is 407 g/mol. The number of hydroxylamine groups is 2. The second-order valence-corrected chi connectivity index (χ2v) is 9.50. The van der Waals surface area contributed by atoms with E-state index in [4.69, 9.17) is 23.1 Å². The molecule has 0 aromatic rings. The third-order valence-corrected chi connectivity index (χ3v) is 5.85. The molecule has 0 saturated carbocycles. The standard InChI is InChI=1S/C21H45N2O6P/c1-10-18(5)20(24)22-12-14-25-21(7,8)16-26-23(9)13-15-27-30(28-17(3)4)29-19(6)11-2/h17-19H,10-16H2,1-9H3,(H,22,24). The summed E-state index contributed by atoms with van der Waals surface area (Å²) < 4.78 is 23.2. The van der Waals surface area contributed by atoms with E-state index in [-0.39, 0.29) is 24.0 Å². The highest BCUT2D eigenvalue weighted by Crippen LogP contribution is 2.42. The molecule has 0 aliphatic carbocycles. The lowest BCUT2D eigenvalue weighted by Crippen LogP contribution is -2.38. The van der Waals surface area contributed by atoms with Crippen LogP contribution in [-0.4, -0.2) is 68.7 Å². The quantitative estimate of drug-likeness (QED) is 0.189. The van der Waals surface area contributed by atoms with Crippen molar-refractivity contribution >= 4 is 14.5 Å². The van der Waals surface area contributed by atoms with Gasteiger partial charge in [0.1, 0.15) is 0 Å². The van der Waals surface area contributed by atoms with Gasteiger partial charge in [0.15, 0.2) is 0 Å². The van der Waals surface area contributed by atoms with Crippen molar-refractivity contribution < 1.29 is 27.9 Å². The Morgan fingerprint density at radius 3 is 2.30 bits per heavy atom. The van der Waals surface area contributed by atoms with Gasteiger partial charge in [-0.05, 0) is 47.5 Å². The number of rotatable bonds is 18. The average Bonchev–Trinajstić information content (AvgIpc) is 2.68. The fourth-order valence-electron chi connectivity index (χ4n) is 1.96. The fourth-order valence-corrected chi connectivity index (χ4v) is 3.15. The summed E-state index contributed by atoms with van der Waals surface area (Å²) in [7, 11) is 0.483. The molecule has 3 unspecified atom stereocenters. The summed E-state index contributed by atoms with van der Waals surface area (Å²) in [5, 5.41) is 4.61. The summed E-state index contributed by atoms with van der Waals surface area (Å²) in [4.78, 5) is 17.5. The molecule has 0 aromatic carbocycles. The summed E-state index contributed by atoms with van der Waals surface area (Å²) in [6, 6.07) is 0. The van der Waals surface area contributed by atoms with Gasteiger partial charge in [0.25, 0.3) is 0 Å². The summed E-state index contributed by atoms with van der Waals surface area (Å²) in [6.45, 7) is 18.2. The maximum atomic E-state index is 11.8. The Bertz CT molecular complexity index is 453. The molecule has 0 bridgehead atoms. The number of carbonyl (C=O) groups is 1. The van der Waals surface area contributed by atoms with Crippen LogP contribution in [0.5, 0.6) is 0 Å². The van der Waals surface area contributed by atoms with Crippen LogP contribution in [0.1, 0.15) is 68.2 Å². The maximum absolute atomic E-state index is 11.8. The van der Waals surface area contributed by atoms with E-state index in [1.165, 1.54) is 0 Å². The fraction of sp³-hybridized carbons (Fsp3) is 0.952. The highest BCUT2D eigenvalue weighted by molar-refractivity contribution is 7.41. The number of hydrogen-bond donors (Lipinski definition) is 1. The minimum absolute atomic E-state index is 0.0276. The van der Waals surface area contributed by atoms with Crippen molar-refractivity contribution in [2.45, 2.75) is 86.0 Å². The minimum Gasteiger partial charge on any atom is -0.371 e. The van der Waals surface area contributed by atoms with Crippen molar-refractivity contribution in [3.8, 4) is 0 Å². The van der Waals surface area contributed by atoms with Crippen LogP contribution in [0.3, 0.4) is 0 Å². The lowest BCUT2D eigenvalue weighted by atomic mass is 10.1. The number of ether oxygens (including phenoxy) is 1. The molecule has 0 heterocycles. The largest absolute Gasteiger partial charge is 0.371 e. The number of carbonyl (C=O) groups excluding carboxylic acids is 1. The molecule has 0 spiro atoms. The Balaban J connectivity index is 4.10. The maximum Gasteiger partial charge on any atom is 0.333 e. The lowest BCUT2D eigenvalue weighted by molar-refractivity contribution is -0.193. The molecule has 1 N–H and O–H groups in total. The van der Waals surface area contributed by atoms with Gasteiger partial charge in [0.2, 0.25) is 5.91 Å². The highest BCUT2D eigenvalue weighted by atomic mass is 31.2. The number of nitrogens with zero attached hydrogens (tertiary/aromatic N) is 1. The van der Waals surface area contributed by atoms with Crippen molar-refractivity contribution in [3.05, 3.63) is 0 Å². The van der Waals surface area contributed by atoms with Gasteiger partial charge in [-0.1, -0.05) is 20.8 Å². The summed E-state index contributed by atoms with van der Waals surface area (Å²) in [6.07, 6.45) is 1.87. The Labute approximate surface area is 185 Å². The Kier molecular flexibility index (Phi) is 16.1. The zero-order chi connectivity index (χ0) is 23.2. The van der Waals surface area contributed by atoms with Crippen LogP contribution in [0.15, 0.2) is 0 Å². The average molecular weight is 453 g/mol. The van der Waals surface area contributed by atoms with Gasteiger partial charge < -0.3 is 23.6 Å². The third-order valence-electron chi connectivity index (χ3n) is 4.33. The van der Waals surface area contributed by atoms with Crippen molar-refractivity contribution in [3.63, 3.8) is 0 Å². The smallest absolute Gasteiger partial charge is 0.333 e. The normalized spacial score (nSPS) is 15.4. The van der Waals surface area contributed by atoms with Gasteiger partial charge in [-0.25, -0.2) is 0 Å². The molecule has 0 fully saturated rings. The van der Waals surface area contributed by atoms with E-state index in [0.717, 1.165) is 12.8 Å². The van der Waals surface area contributed by atoms with Gasteiger partial charge in [-0.2, -0.15) is 5.06 Å². The first-order valence-electron chi connectivity index (χ1n) is 11.0. The van der Waals surface area contributed by atoms with Crippen LogP contribution in [0.25, 0.3) is 0 Å². The van der Waals surface area contributed by atoms with E-state index >= 15 is 0 Å². The van der Waals surface area contributed by atoms with Crippen molar-refractivity contribution in [1.29, 1.82) is 0 Å². The minimum atomic E-state index is -1.37. The predicted molar refractivity (Wildman–Crippen MR) is 121 cm³/mol. The van der Waals surface area contributed by atoms with Gasteiger partial charge >= 0.3 is 8.60 Å². The van der Waals surface area contributed by atoms with Crippen LogP contribution in [0, 0.1) is 5.92 Å². The Hall–Kier alpha value is -0.340. The van der Waals surface area contributed by atoms with Crippen LogP contribution >= 0.6 is 8.60 Å². The molecular formula is C21H45N2O6P. The van der Waals surface area contributed by atoms with E-state index in [0.29, 0.717) is 32.9 Å². The van der Waals surface area contributed by atoms with Crippen LogP contribution in [0.2, 0.25) is 0 Å². The molecule has 30 heavy (non-hydrogen) atoms. The summed E-state index contributed by atoms with van der Waals surface area (Å²) in [5.74, 6) is 0.0911. The second kappa shape index (κ2) is 16.3. The molecule has 0 rings (SSSR count). The molecule has 180 valence electrons. The first-order valence-corrected chi connectivity index (χ1v) is 12.1. The number of nitrogens with one attached hydrogen (secondary N) is 1. The molecule has 3 atom stereocenters. The SMILES string of the molecule is CCC(C)OP(OCCN(C)OCC(C)(C)OCCNC(=O)C(C)CC)OC(C)C. The van der Waals surface area contributed by atoms with Crippen LogP contribution in [-0.2, 0) is 27.9 Å². The zero-order valence-electron chi connectivity index (χ0n) is 20.5. The van der Waals surface area contributed by atoms with E-state index in [1.54, 1.807) is 5.06 Å². The highest BCUT2D eigenvalue weighted by Gasteiger charge is 2.21. The van der Waals surface area contributed by atoms with Crippen LogP contribution in [0.4, 0.5) is 0 Å². The van der Waals surface area contributed by atoms with Gasteiger partial charge in [-0.3, -0.25) is 9.63 Å². The third kappa shape index (κ3) is 15.5. The molecule has 8 nitrogen and oxygen atoms in total. The number of likely N-dealkylation sites (N-methyl/N-ethyl adjacent to an activating group) is 1. The molecule has 0 saturated heterocycles. The predicted octanol–water partition coefficient (Wildman–Crippen LogP) is 4.29. The topological polar surface area (TPSA) is 78.5 Å². The van der Waals surface area contributed by atoms with Crippen LogP contribution < -0.4 is 5.32 Å². The molecule has 0 aliphatic rings. The van der Waals surface area contributed by atoms with Crippen molar-refractivity contribution in [1.82, 2.24) is 10.4 Å². The van der Waals surface area contributed by atoms with Gasteiger partial charge in [-0.15, -0.1) is 0 Å². The molecule has 0 radical (unpaired) electrons. The lowest BCUT2D eigenvalue weighted by Gasteiger charge is -2.28. The first-order chi connectivity index (χ1) is 14.0. The zero-order valence-corrected chi connectivity index (χ0v) is 21.4. The molecule has 0 aromatic heterocycles. The Morgan fingerprint density at radius 1 is 1.07 bits per heavy atom. The van der Waals surface area contributed by atoms with E-state index in [2.05, 4.69) is 12.2 Å². The Morgan fingerprint density at radius 2 is 1.73 bits per heavy atom. The first kappa shape index (κ1) is 29.7. The number of hydrogen-bond acceptors (Lipinski definition) is 7. The van der Waals surface area contributed by atoms with E-state index in [1.807, 2.05) is 55.5 Å². The second-order valence-electron chi connectivity index (χ2n) is 8.37.